The number of halogens is 1. The van der Waals surface area contributed by atoms with Gasteiger partial charge in [0.2, 0.25) is 0 Å². The minimum atomic E-state index is -0.228. The largest absolute Gasteiger partial charge is 0.495 e. The van der Waals surface area contributed by atoms with Crippen molar-refractivity contribution in [2.45, 2.75) is 6.92 Å². The van der Waals surface area contributed by atoms with E-state index in [4.69, 9.17) is 16.3 Å². The third-order valence-corrected chi connectivity index (χ3v) is 2.15. The molecule has 0 N–H and O–H groups in total. The highest BCUT2D eigenvalue weighted by Gasteiger charge is 2.07. The molecule has 1 heterocycles. The van der Waals surface area contributed by atoms with Gasteiger partial charge in [-0.25, -0.2) is 0 Å². The topological polar surface area (TPSA) is 31.2 Å². The molecule has 0 amide bonds. The Labute approximate surface area is 75.5 Å². The Morgan fingerprint density at radius 3 is 2.67 bits per heavy atom. The van der Waals surface area contributed by atoms with Crippen LogP contribution in [0.2, 0.25) is 5.02 Å². The van der Waals surface area contributed by atoms with Crippen LogP contribution in [0.15, 0.2) is 10.9 Å². The number of hydrogen-bond acceptors (Lipinski definition) is 2. The first-order chi connectivity index (χ1) is 5.57. The van der Waals surface area contributed by atoms with Gasteiger partial charge in [0.1, 0.15) is 10.8 Å². The third-order valence-electron chi connectivity index (χ3n) is 1.80. The van der Waals surface area contributed by atoms with E-state index in [1.54, 1.807) is 13.1 Å². The number of methoxy groups -OCH3 is 1. The van der Waals surface area contributed by atoms with Gasteiger partial charge in [0.15, 0.2) is 0 Å². The number of aryl methyl sites for hydroxylation is 1. The summed E-state index contributed by atoms with van der Waals surface area (Å²) >= 11 is 5.71. The van der Waals surface area contributed by atoms with E-state index in [9.17, 15) is 4.79 Å². The Bertz CT molecular complexity index is 357. The van der Waals surface area contributed by atoms with Gasteiger partial charge >= 0.3 is 0 Å². The van der Waals surface area contributed by atoms with Crippen molar-refractivity contribution in [2.75, 3.05) is 7.11 Å². The molecule has 4 heteroatoms. The molecule has 0 unspecified atom stereocenters. The van der Waals surface area contributed by atoms with Crippen molar-refractivity contribution in [3.05, 3.63) is 27.1 Å². The van der Waals surface area contributed by atoms with Crippen LogP contribution in [-0.4, -0.2) is 11.7 Å². The Kier molecular flexibility index (Phi) is 2.43. The molecule has 0 bridgehead atoms. The Morgan fingerprint density at radius 1 is 1.58 bits per heavy atom. The van der Waals surface area contributed by atoms with E-state index in [0.29, 0.717) is 5.75 Å². The Hall–Kier alpha value is -0.960. The highest BCUT2D eigenvalue weighted by atomic mass is 35.5. The molecule has 1 rings (SSSR count). The van der Waals surface area contributed by atoms with E-state index in [-0.39, 0.29) is 10.6 Å². The average Bonchev–Trinajstić information content (AvgIpc) is 2.08. The minimum absolute atomic E-state index is 0.130. The van der Waals surface area contributed by atoms with E-state index in [2.05, 4.69) is 0 Å². The Morgan fingerprint density at radius 2 is 2.17 bits per heavy atom. The molecule has 0 saturated carbocycles. The molecular weight excluding hydrogens is 178 g/mol. The Balaban J connectivity index is 3.50. The van der Waals surface area contributed by atoms with Gasteiger partial charge < -0.3 is 9.30 Å². The molecule has 1 aromatic heterocycles. The standard InChI is InChI=1S/C8H10ClNO2/c1-5-4-6(12-3)7(9)8(11)10(5)2/h4H,1-3H3. The first-order valence-electron chi connectivity index (χ1n) is 3.48. The molecule has 3 nitrogen and oxygen atoms in total. The lowest BCUT2D eigenvalue weighted by Gasteiger charge is -2.07. The van der Waals surface area contributed by atoms with Crippen molar-refractivity contribution < 1.29 is 4.74 Å². The van der Waals surface area contributed by atoms with Crippen LogP contribution < -0.4 is 10.3 Å². The molecule has 0 spiro atoms. The molecule has 1 aromatic rings. The molecule has 0 aromatic carbocycles. The van der Waals surface area contributed by atoms with Crippen molar-refractivity contribution in [3.63, 3.8) is 0 Å². The zero-order valence-corrected chi connectivity index (χ0v) is 7.97. The summed E-state index contributed by atoms with van der Waals surface area (Å²) in [4.78, 5) is 11.3. The highest BCUT2D eigenvalue weighted by Crippen LogP contribution is 2.19. The maximum absolute atomic E-state index is 11.3. The van der Waals surface area contributed by atoms with Crippen LogP contribution in [0.4, 0.5) is 0 Å². The lowest BCUT2D eigenvalue weighted by Crippen LogP contribution is -2.19. The van der Waals surface area contributed by atoms with Gasteiger partial charge in [-0.1, -0.05) is 11.6 Å². The fourth-order valence-electron chi connectivity index (χ4n) is 0.911. The first-order valence-corrected chi connectivity index (χ1v) is 3.86. The van der Waals surface area contributed by atoms with Crippen LogP contribution in [-0.2, 0) is 7.05 Å². The molecule has 0 aliphatic rings. The van der Waals surface area contributed by atoms with Gasteiger partial charge in [-0.05, 0) is 6.92 Å². The van der Waals surface area contributed by atoms with E-state index in [1.807, 2.05) is 6.92 Å². The second kappa shape index (κ2) is 3.19. The van der Waals surface area contributed by atoms with Crippen LogP contribution >= 0.6 is 11.6 Å². The zero-order valence-electron chi connectivity index (χ0n) is 7.22. The van der Waals surface area contributed by atoms with E-state index < -0.39 is 0 Å². The van der Waals surface area contributed by atoms with E-state index in [1.165, 1.54) is 11.7 Å². The maximum Gasteiger partial charge on any atom is 0.273 e. The van der Waals surface area contributed by atoms with Crippen molar-refractivity contribution in [1.29, 1.82) is 0 Å². The summed E-state index contributed by atoms with van der Waals surface area (Å²) in [5.74, 6) is 0.428. The fraction of sp³-hybridized carbons (Fsp3) is 0.375. The summed E-state index contributed by atoms with van der Waals surface area (Å²) in [7, 11) is 3.16. The molecule has 0 atom stereocenters. The third kappa shape index (κ3) is 1.32. The number of aromatic nitrogens is 1. The summed E-state index contributed by atoms with van der Waals surface area (Å²) in [5, 5.41) is 0.130. The lowest BCUT2D eigenvalue weighted by molar-refractivity contribution is 0.412. The summed E-state index contributed by atoms with van der Waals surface area (Å²) in [6, 6.07) is 1.73. The second-order valence-electron chi connectivity index (χ2n) is 2.53. The summed E-state index contributed by atoms with van der Waals surface area (Å²) in [5.41, 5.74) is 0.592. The van der Waals surface area contributed by atoms with E-state index in [0.717, 1.165) is 5.69 Å². The molecule has 12 heavy (non-hydrogen) atoms. The molecule has 0 radical (unpaired) electrons. The summed E-state index contributed by atoms with van der Waals surface area (Å²) in [6.07, 6.45) is 0. The summed E-state index contributed by atoms with van der Waals surface area (Å²) in [6.45, 7) is 1.82. The summed E-state index contributed by atoms with van der Waals surface area (Å²) < 4.78 is 6.39. The molecular formula is C8H10ClNO2. The average molecular weight is 188 g/mol. The predicted octanol–water partition coefficient (Wildman–Crippen LogP) is 1.36. The number of ether oxygens (including phenoxy) is 1. The van der Waals surface area contributed by atoms with Gasteiger partial charge in [0, 0.05) is 18.8 Å². The van der Waals surface area contributed by atoms with Gasteiger partial charge in [-0.15, -0.1) is 0 Å². The smallest absolute Gasteiger partial charge is 0.273 e. The van der Waals surface area contributed by atoms with E-state index >= 15 is 0 Å². The SMILES string of the molecule is COc1cc(C)n(C)c(=O)c1Cl. The fourth-order valence-corrected chi connectivity index (χ4v) is 1.17. The normalized spacial score (nSPS) is 10.0. The number of pyridine rings is 1. The predicted molar refractivity (Wildman–Crippen MR) is 48.0 cm³/mol. The number of hydrogen-bond donors (Lipinski definition) is 0. The molecule has 0 aliphatic heterocycles. The maximum atomic E-state index is 11.3. The van der Waals surface area contributed by atoms with Gasteiger partial charge in [0.25, 0.3) is 5.56 Å². The molecule has 0 aliphatic carbocycles. The van der Waals surface area contributed by atoms with Crippen molar-refractivity contribution in [1.82, 2.24) is 4.57 Å². The molecule has 66 valence electrons. The van der Waals surface area contributed by atoms with Gasteiger partial charge in [-0.2, -0.15) is 0 Å². The van der Waals surface area contributed by atoms with Crippen LogP contribution in [0.3, 0.4) is 0 Å². The molecule has 0 saturated heterocycles. The molecule has 0 fully saturated rings. The minimum Gasteiger partial charge on any atom is -0.495 e. The van der Waals surface area contributed by atoms with Crippen LogP contribution in [0.5, 0.6) is 5.75 Å². The monoisotopic (exact) mass is 187 g/mol. The zero-order chi connectivity index (χ0) is 9.30. The van der Waals surface area contributed by atoms with Crippen LogP contribution in [0, 0.1) is 6.92 Å². The number of rotatable bonds is 1. The second-order valence-corrected chi connectivity index (χ2v) is 2.91. The van der Waals surface area contributed by atoms with Crippen molar-refractivity contribution >= 4 is 11.6 Å². The van der Waals surface area contributed by atoms with Gasteiger partial charge in [-0.3, -0.25) is 4.79 Å². The first kappa shape index (κ1) is 9.13. The van der Waals surface area contributed by atoms with Gasteiger partial charge in [0.05, 0.1) is 7.11 Å². The number of nitrogens with zero attached hydrogens (tertiary/aromatic N) is 1. The lowest BCUT2D eigenvalue weighted by atomic mass is 10.3. The highest BCUT2D eigenvalue weighted by molar-refractivity contribution is 6.31. The van der Waals surface area contributed by atoms with Crippen LogP contribution in [0.1, 0.15) is 5.69 Å². The van der Waals surface area contributed by atoms with Crippen LogP contribution in [0.25, 0.3) is 0 Å². The van der Waals surface area contributed by atoms with Crippen molar-refractivity contribution in [2.24, 2.45) is 7.05 Å². The quantitative estimate of drug-likeness (QED) is 0.665. The van der Waals surface area contributed by atoms with Crippen molar-refractivity contribution in [3.8, 4) is 5.75 Å².